The summed E-state index contributed by atoms with van der Waals surface area (Å²) in [6, 6.07) is 15.5. The van der Waals surface area contributed by atoms with Crippen LogP contribution >= 0.6 is 0 Å². The summed E-state index contributed by atoms with van der Waals surface area (Å²) in [5.74, 6) is 1.50. The fourth-order valence-corrected chi connectivity index (χ4v) is 2.11. The number of hydrogen-bond acceptors (Lipinski definition) is 2. The zero-order valence-corrected chi connectivity index (χ0v) is 10.5. The Morgan fingerprint density at radius 3 is 2.68 bits per heavy atom. The van der Waals surface area contributed by atoms with Crippen LogP contribution in [-0.4, -0.2) is 4.98 Å². The molecule has 3 nitrogen and oxygen atoms in total. The second-order valence-electron chi connectivity index (χ2n) is 4.34. The second-order valence-corrected chi connectivity index (χ2v) is 4.34. The molecule has 3 rings (SSSR count). The Labute approximate surface area is 111 Å². The lowest BCUT2D eigenvalue weighted by Crippen LogP contribution is -1.90. The van der Waals surface area contributed by atoms with Gasteiger partial charge >= 0.3 is 0 Å². The lowest BCUT2D eigenvalue weighted by atomic mass is 10.1. The van der Waals surface area contributed by atoms with E-state index in [-0.39, 0.29) is 0 Å². The van der Waals surface area contributed by atoms with E-state index in [9.17, 15) is 0 Å². The van der Waals surface area contributed by atoms with Gasteiger partial charge in [-0.25, -0.2) is 0 Å². The first-order valence-electron chi connectivity index (χ1n) is 6.03. The van der Waals surface area contributed by atoms with Crippen LogP contribution in [0.1, 0.15) is 11.1 Å². The van der Waals surface area contributed by atoms with Crippen molar-refractivity contribution in [3.8, 4) is 17.6 Å². The van der Waals surface area contributed by atoms with Gasteiger partial charge in [0.25, 0.3) is 0 Å². The van der Waals surface area contributed by atoms with Gasteiger partial charge in [0.1, 0.15) is 11.5 Å². The van der Waals surface area contributed by atoms with Gasteiger partial charge in [0.15, 0.2) is 0 Å². The monoisotopic (exact) mass is 248 g/mol. The van der Waals surface area contributed by atoms with Gasteiger partial charge in [0, 0.05) is 22.7 Å². The number of benzene rings is 2. The van der Waals surface area contributed by atoms with E-state index in [4.69, 9.17) is 10.00 Å². The number of rotatable bonds is 2. The maximum atomic E-state index is 9.04. The minimum atomic E-state index is 0.638. The van der Waals surface area contributed by atoms with Crippen molar-refractivity contribution in [3.05, 3.63) is 59.8 Å². The van der Waals surface area contributed by atoms with Gasteiger partial charge < -0.3 is 9.72 Å². The number of nitriles is 1. The van der Waals surface area contributed by atoms with Crippen LogP contribution in [0.25, 0.3) is 10.9 Å². The van der Waals surface area contributed by atoms with Crippen molar-refractivity contribution in [2.24, 2.45) is 0 Å². The lowest BCUT2D eigenvalue weighted by molar-refractivity contribution is 0.484. The first-order chi connectivity index (χ1) is 9.29. The molecule has 0 saturated heterocycles. The third-order valence-electron chi connectivity index (χ3n) is 3.18. The van der Waals surface area contributed by atoms with Crippen molar-refractivity contribution in [1.82, 2.24) is 4.98 Å². The van der Waals surface area contributed by atoms with Gasteiger partial charge in [-0.3, -0.25) is 0 Å². The smallest absolute Gasteiger partial charge is 0.136 e. The SMILES string of the molecule is Cc1c(C#N)cccc1Oc1cccc2[nH]ccc12. The molecule has 3 heteroatoms. The predicted molar refractivity (Wildman–Crippen MR) is 74.3 cm³/mol. The molecular formula is C16H12N2O. The third kappa shape index (κ3) is 1.94. The van der Waals surface area contributed by atoms with E-state index in [0.717, 1.165) is 22.2 Å². The van der Waals surface area contributed by atoms with Crippen molar-refractivity contribution in [1.29, 1.82) is 5.26 Å². The van der Waals surface area contributed by atoms with Crippen LogP contribution < -0.4 is 4.74 Å². The molecule has 2 aromatic carbocycles. The molecule has 19 heavy (non-hydrogen) atoms. The molecule has 0 radical (unpaired) electrons. The van der Waals surface area contributed by atoms with Gasteiger partial charge in [-0.2, -0.15) is 5.26 Å². The number of aromatic nitrogens is 1. The molecule has 0 amide bonds. The first-order valence-corrected chi connectivity index (χ1v) is 6.03. The highest BCUT2D eigenvalue weighted by atomic mass is 16.5. The predicted octanol–water partition coefficient (Wildman–Crippen LogP) is 4.14. The Morgan fingerprint density at radius 2 is 1.84 bits per heavy atom. The minimum Gasteiger partial charge on any atom is -0.456 e. The second kappa shape index (κ2) is 4.51. The number of H-pyrrole nitrogens is 1. The van der Waals surface area contributed by atoms with Crippen LogP contribution in [0.3, 0.4) is 0 Å². The van der Waals surface area contributed by atoms with Crippen molar-refractivity contribution in [2.75, 3.05) is 0 Å². The molecule has 0 saturated carbocycles. The standard InChI is InChI=1S/C16H12N2O/c1-11-12(10-17)4-2-6-15(11)19-16-7-3-5-14-13(16)8-9-18-14/h2-9,18H,1H3. The summed E-state index contributed by atoms with van der Waals surface area (Å²) < 4.78 is 5.95. The highest BCUT2D eigenvalue weighted by Crippen LogP contribution is 2.31. The molecule has 0 unspecified atom stereocenters. The zero-order chi connectivity index (χ0) is 13.2. The summed E-state index contributed by atoms with van der Waals surface area (Å²) >= 11 is 0. The number of hydrogen-bond donors (Lipinski definition) is 1. The molecule has 0 bridgehead atoms. The van der Waals surface area contributed by atoms with Crippen molar-refractivity contribution < 1.29 is 4.74 Å². The molecule has 0 fully saturated rings. The van der Waals surface area contributed by atoms with Crippen molar-refractivity contribution in [3.63, 3.8) is 0 Å². The molecule has 0 aliphatic heterocycles. The molecule has 0 aliphatic rings. The Kier molecular flexibility index (Phi) is 2.70. The molecular weight excluding hydrogens is 236 g/mol. The molecule has 0 spiro atoms. The zero-order valence-electron chi connectivity index (χ0n) is 10.5. The maximum Gasteiger partial charge on any atom is 0.136 e. The quantitative estimate of drug-likeness (QED) is 0.740. The average molecular weight is 248 g/mol. The fourth-order valence-electron chi connectivity index (χ4n) is 2.11. The molecule has 1 aromatic heterocycles. The Hall–Kier alpha value is -2.73. The van der Waals surface area contributed by atoms with Crippen LogP contribution in [0.15, 0.2) is 48.7 Å². The number of ether oxygens (including phenoxy) is 1. The van der Waals surface area contributed by atoms with Crippen LogP contribution in [-0.2, 0) is 0 Å². The third-order valence-corrected chi connectivity index (χ3v) is 3.18. The van der Waals surface area contributed by atoms with Crippen LogP contribution in [0, 0.1) is 18.3 Å². The van der Waals surface area contributed by atoms with E-state index < -0.39 is 0 Å². The molecule has 1 heterocycles. The van der Waals surface area contributed by atoms with E-state index in [2.05, 4.69) is 11.1 Å². The van der Waals surface area contributed by atoms with Gasteiger partial charge in [0.05, 0.1) is 11.6 Å². The van der Waals surface area contributed by atoms with Gasteiger partial charge in [-0.1, -0.05) is 12.1 Å². The van der Waals surface area contributed by atoms with Crippen molar-refractivity contribution in [2.45, 2.75) is 6.92 Å². The molecule has 0 atom stereocenters. The van der Waals surface area contributed by atoms with Crippen LogP contribution in [0.5, 0.6) is 11.5 Å². The normalized spacial score (nSPS) is 10.3. The van der Waals surface area contributed by atoms with Crippen LogP contribution in [0.2, 0.25) is 0 Å². The molecule has 92 valence electrons. The van der Waals surface area contributed by atoms with Gasteiger partial charge in [0.2, 0.25) is 0 Å². The Bertz CT molecular complexity index is 781. The number of nitrogens with one attached hydrogen (secondary N) is 1. The summed E-state index contributed by atoms with van der Waals surface area (Å²) in [4.78, 5) is 3.15. The van der Waals surface area contributed by atoms with Gasteiger partial charge in [-0.15, -0.1) is 0 Å². The number of nitrogens with zero attached hydrogens (tertiary/aromatic N) is 1. The summed E-state index contributed by atoms with van der Waals surface area (Å²) in [5.41, 5.74) is 2.53. The first kappa shape index (κ1) is 11.4. The van der Waals surface area contributed by atoms with Gasteiger partial charge in [-0.05, 0) is 37.3 Å². The summed E-state index contributed by atoms with van der Waals surface area (Å²) in [6.45, 7) is 1.89. The highest BCUT2D eigenvalue weighted by Gasteiger charge is 2.08. The fraction of sp³-hybridized carbons (Fsp3) is 0.0625. The van der Waals surface area contributed by atoms with Crippen molar-refractivity contribution >= 4 is 10.9 Å². The Morgan fingerprint density at radius 1 is 1.05 bits per heavy atom. The highest BCUT2D eigenvalue weighted by molar-refractivity contribution is 5.86. The summed E-state index contributed by atoms with van der Waals surface area (Å²) in [5, 5.41) is 10.1. The number of aromatic amines is 1. The summed E-state index contributed by atoms with van der Waals surface area (Å²) in [6.07, 6.45) is 1.89. The number of fused-ring (bicyclic) bond motifs is 1. The van der Waals surface area contributed by atoms with E-state index in [1.54, 1.807) is 6.07 Å². The molecule has 0 aliphatic carbocycles. The summed E-state index contributed by atoms with van der Waals surface area (Å²) in [7, 11) is 0. The van der Waals surface area contributed by atoms with E-state index in [1.165, 1.54) is 0 Å². The lowest BCUT2D eigenvalue weighted by Gasteiger charge is -2.10. The topological polar surface area (TPSA) is 48.8 Å². The van der Waals surface area contributed by atoms with E-state index >= 15 is 0 Å². The van der Waals surface area contributed by atoms with E-state index in [0.29, 0.717) is 11.3 Å². The minimum absolute atomic E-state index is 0.638. The maximum absolute atomic E-state index is 9.04. The largest absolute Gasteiger partial charge is 0.456 e. The molecule has 3 aromatic rings. The van der Waals surface area contributed by atoms with E-state index in [1.807, 2.05) is 49.5 Å². The van der Waals surface area contributed by atoms with Crippen LogP contribution in [0.4, 0.5) is 0 Å². The average Bonchev–Trinajstić information content (AvgIpc) is 2.90. The molecule has 1 N–H and O–H groups in total. The Balaban J connectivity index is 2.07.